The van der Waals surface area contributed by atoms with Gasteiger partial charge in [-0.25, -0.2) is 4.39 Å². The van der Waals surface area contributed by atoms with Crippen molar-refractivity contribution in [1.29, 1.82) is 0 Å². The highest BCUT2D eigenvalue weighted by atomic mass is 19.1. The minimum absolute atomic E-state index is 0.0320. The predicted octanol–water partition coefficient (Wildman–Crippen LogP) is 3.12. The number of nitrogens with one attached hydrogen (secondary N) is 2. The molecular weight excluding hydrogens is 267 g/mol. The van der Waals surface area contributed by atoms with Gasteiger partial charge in [0.2, 0.25) is 5.91 Å². The molecule has 0 saturated heterocycles. The summed E-state index contributed by atoms with van der Waals surface area (Å²) >= 11 is 0. The number of halogens is 1. The Bertz CT molecular complexity index is 579. The van der Waals surface area contributed by atoms with Crippen molar-refractivity contribution in [3.63, 3.8) is 0 Å². The van der Waals surface area contributed by atoms with Crippen LogP contribution in [0.1, 0.15) is 18.1 Å². The molecule has 110 valence electrons. The molecule has 3 nitrogen and oxygen atoms in total. The second-order valence-corrected chi connectivity index (χ2v) is 4.81. The molecule has 0 saturated carbocycles. The van der Waals surface area contributed by atoms with E-state index >= 15 is 0 Å². The molecule has 21 heavy (non-hydrogen) atoms. The number of carbonyl (C=O) groups is 1. The van der Waals surface area contributed by atoms with Gasteiger partial charge in [0, 0.05) is 18.8 Å². The Morgan fingerprint density at radius 2 is 1.62 bits per heavy atom. The van der Waals surface area contributed by atoms with Crippen LogP contribution in [0.3, 0.4) is 0 Å². The number of anilines is 1. The average Bonchev–Trinajstić information content (AvgIpc) is 2.48. The number of rotatable bonds is 6. The zero-order valence-electron chi connectivity index (χ0n) is 12.0. The largest absolute Gasteiger partial charge is 0.381 e. The van der Waals surface area contributed by atoms with E-state index in [0.717, 1.165) is 16.8 Å². The van der Waals surface area contributed by atoms with Crippen molar-refractivity contribution in [1.82, 2.24) is 5.32 Å². The lowest BCUT2D eigenvalue weighted by Gasteiger charge is -2.08. The zero-order chi connectivity index (χ0) is 15.1. The summed E-state index contributed by atoms with van der Waals surface area (Å²) in [5.41, 5.74) is 2.97. The molecule has 4 heteroatoms. The van der Waals surface area contributed by atoms with Crippen molar-refractivity contribution in [2.45, 2.75) is 19.9 Å². The molecule has 0 aliphatic carbocycles. The third kappa shape index (κ3) is 4.91. The van der Waals surface area contributed by atoms with E-state index in [9.17, 15) is 9.18 Å². The summed E-state index contributed by atoms with van der Waals surface area (Å²) in [5.74, 6) is -0.196. The summed E-state index contributed by atoms with van der Waals surface area (Å²) in [7, 11) is 0. The van der Waals surface area contributed by atoms with Gasteiger partial charge in [-0.3, -0.25) is 4.79 Å². The Morgan fingerprint density at radius 3 is 2.24 bits per heavy atom. The van der Waals surface area contributed by atoms with Crippen LogP contribution in [0.15, 0.2) is 48.5 Å². The van der Waals surface area contributed by atoms with Gasteiger partial charge in [0.15, 0.2) is 0 Å². The number of carbonyl (C=O) groups excluding carboxylic acids is 1. The molecule has 0 unspecified atom stereocenters. The molecule has 2 aromatic carbocycles. The maximum absolute atomic E-state index is 12.8. The van der Waals surface area contributed by atoms with Crippen LogP contribution in [-0.4, -0.2) is 12.5 Å². The summed E-state index contributed by atoms with van der Waals surface area (Å²) in [5, 5.41) is 6.04. The van der Waals surface area contributed by atoms with E-state index < -0.39 is 0 Å². The van der Waals surface area contributed by atoms with Crippen LogP contribution in [0.4, 0.5) is 10.1 Å². The smallest absolute Gasteiger partial charge is 0.224 e. The van der Waals surface area contributed by atoms with Gasteiger partial charge in [0.25, 0.3) is 0 Å². The van der Waals surface area contributed by atoms with Crippen molar-refractivity contribution >= 4 is 11.6 Å². The Morgan fingerprint density at radius 1 is 1.00 bits per heavy atom. The predicted molar refractivity (Wildman–Crippen MR) is 82.6 cm³/mol. The van der Waals surface area contributed by atoms with E-state index in [1.54, 1.807) is 12.1 Å². The first-order valence-corrected chi connectivity index (χ1v) is 7.01. The maximum atomic E-state index is 12.8. The summed E-state index contributed by atoms with van der Waals surface area (Å²) in [6.07, 6.45) is 0.395. The fourth-order valence-electron chi connectivity index (χ4n) is 1.99. The van der Waals surface area contributed by atoms with Crippen LogP contribution in [0.5, 0.6) is 0 Å². The summed E-state index contributed by atoms with van der Waals surface area (Å²) in [6, 6.07) is 14.2. The van der Waals surface area contributed by atoms with Crippen LogP contribution >= 0.6 is 0 Å². The summed E-state index contributed by atoms with van der Waals surface area (Å²) in [6.45, 7) is 3.19. The van der Waals surface area contributed by atoms with Gasteiger partial charge in [-0.1, -0.05) is 24.3 Å². The Kier molecular flexibility index (Phi) is 5.32. The zero-order valence-corrected chi connectivity index (χ0v) is 12.0. The molecular formula is C17H19FN2O. The maximum Gasteiger partial charge on any atom is 0.224 e. The molecule has 1 amide bonds. The van der Waals surface area contributed by atoms with Crippen molar-refractivity contribution in [2.75, 3.05) is 11.9 Å². The van der Waals surface area contributed by atoms with Crippen LogP contribution in [0.25, 0.3) is 0 Å². The molecule has 0 radical (unpaired) electrons. The normalized spacial score (nSPS) is 10.2. The van der Waals surface area contributed by atoms with Gasteiger partial charge in [-0.15, -0.1) is 0 Å². The van der Waals surface area contributed by atoms with Gasteiger partial charge in [0.05, 0.1) is 6.42 Å². The molecule has 0 aliphatic rings. The van der Waals surface area contributed by atoms with Gasteiger partial charge < -0.3 is 10.6 Å². The highest BCUT2D eigenvalue weighted by molar-refractivity contribution is 5.78. The molecule has 0 atom stereocenters. The van der Waals surface area contributed by atoms with Crippen molar-refractivity contribution in [3.8, 4) is 0 Å². The van der Waals surface area contributed by atoms with E-state index in [-0.39, 0.29) is 11.7 Å². The fraction of sp³-hybridized carbons (Fsp3) is 0.235. The van der Waals surface area contributed by atoms with Crippen molar-refractivity contribution in [2.24, 2.45) is 0 Å². The highest BCUT2D eigenvalue weighted by Gasteiger charge is 2.02. The molecule has 0 aliphatic heterocycles. The lowest BCUT2D eigenvalue weighted by molar-refractivity contribution is -0.120. The molecule has 2 aromatic rings. The molecule has 2 N–H and O–H groups in total. The van der Waals surface area contributed by atoms with E-state index in [2.05, 4.69) is 10.6 Å². The van der Waals surface area contributed by atoms with Gasteiger partial charge in [0.1, 0.15) is 5.82 Å². The monoisotopic (exact) mass is 286 g/mol. The van der Waals surface area contributed by atoms with E-state index in [1.165, 1.54) is 12.1 Å². The second kappa shape index (κ2) is 7.43. The molecule has 0 spiro atoms. The van der Waals surface area contributed by atoms with Crippen LogP contribution in [0, 0.1) is 5.82 Å². The first kappa shape index (κ1) is 15.0. The Hall–Kier alpha value is -2.36. The first-order valence-electron chi connectivity index (χ1n) is 7.01. The minimum Gasteiger partial charge on any atom is -0.381 e. The Balaban J connectivity index is 1.87. The molecule has 2 rings (SSSR count). The second-order valence-electron chi connectivity index (χ2n) is 4.81. The topological polar surface area (TPSA) is 41.1 Å². The average molecular weight is 286 g/mol. The van der Waals surface area contributed by atoms with Gasteiger partial charge >= 0.3 is 0 Å². The van der Waals surface area contributed by atoms with Crippen LogP contribution in [0.2, 0.25) is 0 Å². The standard InChI is InChI=1S/C17H19FN2O/c1-2-19-17(21)11-13-5-9-16(10-6-13)20-12-14-3-7-15(18)8-4-14/h3-10,20H,2,11-12H2,1H3,(H,19,21). The van der Waals surface area contributed by atoms with E-state index in [4.69, 9.17) is 0 Å². The lowest BCUT2D eigenvalue weighted by atomic mass is 10.1. The van der Waals surface area contributed by atoms with E-state index in [0.29, 0.717) is 19.5 Å². The quantitative estimate of drug-likeness (QED) is 0.856. The minimum atomic E-state index is -0.228. The highest BCUT2D eigenvalue weighted by Crippen LogP contribution is 2.12. The van der Waals surface area contributed by atoms with E-state index in [1.807, 2.05) is 31.2 Å². The SMILES string of the molecule is CCNC(=O)Cc1ccc(NCc2ccc(F)cc2)cc1. The molecule has 0 fully saturated rings. The summed E-state index contributed by atoms with van der Waals surface area (Å²) < 4.78 is 12.8. The van der Waals surface area contributed by atoms with Gasteiger partial charge in [-0.05, 0) is 42.3 Å². The number of likely N-dealkylation sites (N-methyl/N-ethyl adjacent to an activating group) is 1. The Labute approximate surface area is 124 Å². The summed E-state index contributed by atoms with van der Waals surface area (Å²) in [4.78, 5) is 11.5. The number of hydrogen-bond acceptors (Lipinski definition) is 2. The number of amides is 1. The van der Waals surface area contributed by atoms with Crippen molar-refractivity contribution in [3.05, 3.63) is 65.5 Å². The fourth-order valence-corrected chi connectivity index (χ4v) is 1.99. The van der Waals surface area contributed by atoms with Crippen LogP contribution < -0.4 is 10.6 Å². The number of hydrogen-bond donors (Lipinski definition) is 2. The third-order valence-corrected chi connectivity index (χ3v) is 3.10. The van der Waals surface area contributed by atoms with Crippen LogP contribution in [-0.2, 0) is 17.8 Å². The molecule has 0 aromatic heterocycles. The molecule has 0 heterocycles. The lowest BCUT2D eigenvalue weighted by Crippen LogP contribution is -2.24. The number of benzene rings is 2. The first-order chi connectivity index (χ1) is 10.2. The third-order valence-electron chi connectivity index (χ3n) is 3.10. The molecule has 0 bridgehead atoms. The van der Waals surface area contributed by atoms with Crippen molar-refractivity contribution < 1.29 is 9.18 Å². The van der Waals surface area contributed by atoms with Gasteiger partial charge in [-0.2, -0.15) is 0 Å².